The van der Waals surface area contributed by atoms with Gasteiger partial charge in [-0.1, -0.05) is 24.2 Å². The van der Waals surface area contributed by atoms with Crippen LogP contribution in [0.3, 0.4) is 0 Å². The zero-order valence-electron chi connectivity index (χ0n) is 19.0. The summed E-state index contributed by atoms with van der Waals surface area (Å²) in [6.07, 6.45) is 5.51. The summed E-state index contributed by atoms with van der Waals surface area (Å²) in [4.78, 5) is 11.5. The van der Waals surface area contributed by atoms with Crippen LogP contribution in [-0.4, -0.2) is 63.6 Å². The van der Waals surface area contributed by atoms with Crippen LogP contribution in [0.4, 0.5) is 0 Å². The molecule has 1 aliphatic heterocycles. The predicted octanol–water partition coefficient (Wildman–Crippen LogP) is 2.61. The second-order valence-corrected chi connectivity index (χ2v) is 7.80. The minimum atomic E-state index is 0.00627. The predicted molar refractivity (Wildman–Crippen MR) is 122 cm³/mol. The van der Waals surface area contributed by atoms with Gasteiger partial charge in [0.15, 0.2) is 11.8 Å². The normalized spacial score (nSPS) is 17.0. The highest BCUT2D eigenvalue weighted by atomic mass is 16.5. The largest absolute Gasteiger partial charge is 0.370 e. The first-order valence-electron chi connectivity index (χ1n) is 11.2. The van der Waals surface area contributed by atoms with Gasteiger partial charge in [-0.15, -0.1) is 0 Å². The molecule has 1 unspecified atom stereocenters. The monoisotopic (exact) mass is 437 g/mol. The number of hydrogen-bond donors (Lipinski definition) is 1. The van der Waals surface area contributed by atoms with Gasteiger partial charge in [-0.2, -0.15) is 10.1 Å². The first kappa shape index (κ1) is 22.0. The Morgan fingerprint density at radius 1 is 1.25 bits per heavy atom. The van der Waals surface area contributed by atoms with E-state index in [2.05, 4.69) is 44.5 Å². The third-order valence-electron chi connectivity index (χ3n) is 5.44. The SMILES string of the molecule is CCNC(=NCCc1ccc(-c2nc(CC)no2)cc1)N1CCOC(c2cnn(C)c2)C1. The van der Waals surface area contributed by atoms with Crippen LogP contribution in [0.1, 0.15) is 36.9 Å². The van der Waals surface area contributed by atoms with Crippen molar-refractivity contribution in [2.75, 3.05) is 32.8 Å². The highest BCUT2D eigenvalue weighted by Crippen LogP contribution is 2.22. The van der Waals surface area contributed by atoms with Crippen molar-refractivity contribution in [3.63, 3.8) is 0 Å². The number of benzene rings is 1. The lowest BCUT2D eigenvalue weighted by Crippen LogP contribution is -2.48. The Morgan fingerprint density at radius 3 is 2.78 bits per heavy atom. The number of aryl methyl sites for hydroxylation is 2. The first-order chi connectivity index (χ1) is 15.7. The molecule has 0 amide bonds. The topological polar surface area (TPSA) is 93.6 Å². The van der Waals surface area contributed by atoms with Crippen LogP contribution in [0.2, 0.25) is 0 Å². The van der Waals surface area contributed by atoms with Gasteiger partial charge in [0.1, 0.15) is 6.10 Å². The quantitative estimate of drug-likeness (QED) is 0.449. The third-order valence-corrected chi connectivity index (χ3v) is 5.44. The third kappa shape index (κ3) is 5.34. The van der Waals surface area contributed by atoms with Gasteiger partial charge < -0.3 is 19.5 Å². The molecule has 170 valence electrons. The molecule has 9 nitrogen and oxygen atoms in total. The molecule has 0 bridgehead atoms. The number of morpholine rings is 1. The summed E-state index contributed by atoms with van der Waals surface area (Å²) in [7, 11) is 1.92. The highest BCUT2D eigenvalue weighted by Gasteiger charge is 2.25. The molecule has 1 aliphatic rings. The highest BCUT2D eigenvalue weighted by molar-refractivity contribution is 5.80. The Labute approximate surface area is 188 Å². The van der Waals surface area contributed by atoms with Gasteiger partial charge in [0.05, 0.1) is 19.3 Å². The van der Waals surface area contributed by atoms with Crippen molar-refractivity contribution < 1.29 is 9.26 Å². The van der Waals surface area contributed by atoms with E-state index in [1.807, 2.05) is 43.2 Å². The summed E-state index contributed by atoms with van der Waals surface area (Å²) in [5.41, 5.74) is 3.26. The van der Waals surface area contributed by atoms with E-state index in [4.69, 9.17) is 14.3 Å². The van der Waals surface area contributed by atoms with Gasteiger partial charge in [0.25, 0.3) is 5.89 Å². The number of nitrogens with one attached hydrogen (secondary N) is 1. The zero-order valence-corrected chi connectivity index (χ0v) is 19.0. The van der Waals surface area contributed by atoms with Crippen molar-refractivity contribution in [3.05, 3.63) is 53.6 Å². The van der Waals surface area contributed by atoms with Crippen LogP contribution in [0, 0.1) is 0 Å². The van der Waals surface area contributed by atoms with Crippen LogP contribution in [-0.2, 0) is 24.6 Å². The van der Waals surface area contributed by atoms with Gasteiger partial charge >= 0.3 is 0 Å². The van der Waals surface area contributed by atoms with Crippen molar-refractivity contribution in [1.82, 2.24) is 30.1 Å². The van der Waals surface area contributed by atoms with E-state index in [0.29, 0.717) is 19.0 Å². The van der Waals surface area contributed by atoms with E-state index in [1.54, 1.807) is 0 Å². The van der Waals surface area contributed by atoms with E-state index in [0.717, 1.165) is 55.4 Å². The van der Waals surface area contributed by atoms with Crippen molar-refractivity contribution in [1.29, 1.82) is 0 Å². The van der Waals surface area contributed by atoms with Crippen LogP contribution in [0.15, 0.2) is 46.2 Å². The molecule has 0 spiro atoms. The van der Waals surface area contributed by atoms with Crippen LogP contribution in [0.25, 0.3) is 11.5 Å². The molecule has 0 radical (unpaired) electrons. The Morgan fingerprint density at radius 2 is 2.09 bits per heavy atom. The summed E-state index contributed by atoms with van der Waals surface area (Å²) in [6, 6.07) is 8.25. The molecule has 3 aromatic rings. The fourth-order valence-corrected chi connectivity index (χ4v) is 3.70. The number of guanidine groups is 1. The minimum Gasteiger partial charge on any atom is -0.370 e. The van der Waals surface area contributed by atoms with Crippen LogP contribution >= 0.6 is 0 Å². The van der Waals surface area contributed by atoms with E-state index < -0.39 is 0 Å². The lowest BCUT2D eigenvalue weighted by Gasteiger charge is -2.34. The summed E-state index contributed by atoms with van der Waals surface area (Å²) in [6.45, 7) is 7.88. The molecule has 0 aliphatic carbocycles. The average molecular weight is 438 g/mol. The van der Waals surface area contributed by atoms with Gasteiger partial charge in [-0.05, 0) is 31.0 Å². The maximum absolute atomic E-state index is 5.97. The molecule has 1 N–H and O–H groups in total. The number of aliphatic imine (C=N–C) groups is 1. The smallest absolute Gasteiger partial charge is 0.257 e. The number of aromatic nitrogens is 4. The lowest BCUT2D eigenvalue weighted by molar-refractivity contribution is -0.00803. The second-order valence-electron chi connectivity index (χ2n) is 7.80. The fraction of sp³-hybridized carbons (Fsp3) is 0.478. The molecule has 2 aromatic heterocycles. The number of ether oxygens (including phenoxy) is 1. The van der Waals surface area contributed by atoms with Crippen LogP contribution in [0.5, 0.6) is 0 Å². The zero-order chi connectivity index (χ0) is 22.3. The second kappa shape index (κ2) is 10.4. The van der Waals surface area contributed by atoms with Gasteiger partial charge in [-0.25, -0.2) is 0 Å². The molecule has 1 aromatic carbocycles. The molecular formula is C23H31N7O2. The van der Waals surface area contributed by atoms with E-state index in [9.17, 15) is 0 Å². The standard InChI is InChI=1S/C23H31N7O2/c1-4-21-27-22(32-28-21)18-8-6-17(7-9-18)10-11-25-23(24-5-2)30-12-13-31-20(16-30)19-14-26-29(3)15-19/h6-9,14-15,20H,4-5,10-13,16H2,1-3H3,(H,24,25). The van der Waals surface area contributed by atoms with Gasteiger partial charge in [-0.3, -0.25) is 9.67 Å². The van der Waals surface area contributed by atoms with E-state index in [-0.39, 0.29) is 6.10 Å². The molecule has 0 saturated carbocycles. The van der Waals surface area contributed by atoms with Crippen molar-refractivity contribution in [3.8, 4) is 11.5 Å². The Balaban J connectivity index is 1.36. The molecule has 1 fully saturated rings. The van der Waals surface area contributed by atoms with Crippen molar-refractivity contribution in [2.45, 2.75) is 32.8 Å². The summed E-state index contributed by atoms with van der Waals surface area (Å²) in [5, 5.41) is 11.7. The first-order valence-corrected chi connectivity index (χ1v) is 11.2. The van der Waals surface area contributed by atoms with Crippen molar-refractivity contribution >= 4 is 5.96 Å². The molecule has 1 saturated heterocycles. The van der Waals surface area contributed by atoms with Crippen molar-refractivity contribution in [2.24, 2.45) is 12.0 Å². The Kier molecular flexibility index (Phi) is 7.16. The molecule has 32 heavy (non-hydrogen) atoms. The number of nitrogens with zero attached hydrogens (tertiary/aromatic N) is 6. The van der Waals surface area contributed by atoms with Gasteiger partial charge in [0, 0.05) is 50.4 Å². The molecule has 9 heteroatoms. The summed E-state index contributed by atoms with van der Waals surface area (Å²) in [5.74, 6) is 2.22. The lowest BCUT2D eigenvalue weighted by atomic mass is 10.1. The van der Waals surface area contributed by atoms with E-state index >= 15 is 0 Å². The number of hydrogen-bond acceptors (Lipinski definition) is 6. The summed E-state index contributed by atoms with van der Waals surface area (Å²) < 4.78 is 13.1. The van der Waals surface area contributed by atoms with Crippen LogP contribution < -0.4 is 5.32 Å². The average Bonchev–Trinajstić information content (AvgIpc) is 3.48. The fourth-order valence-electron chi connectivity index (χ4n) is 3.70. The maximum atomic E-state index is 5.97. The minimum absolute atomic E-state index is 0.00627. The maximum Gasteiger partial charge on any atom is 0.257 e. The van der Waals surface area contributed by atoms with Gasteiger partial charge in [0.2, 0.25) is 0 Å². The molecular weight excluding hydrogens is 406 g/mol. The molecule has 3 heterocycles. The Bertz CT molecular complexity index is 1030. The molecule has 4 rings (SSSR count). The molecule has 1 atom stereocenters. The number of rotatable bonds is 7. The Hall–Kier alpha value is -3.20. The summed E-state index contributed by atoms with van der Waals surface area (Å²) >= 11 is 0. The van der Waals surface area contributed by atoms with E-state index in [1.165, 1.54) is 5.56 Å².